The van der Waals surface area contributed by atoms with E-state index in [2.05, 4.69) is 12.2 Å². The zero-order chi connectivity index (χ0) is 6.24. The molecule has 0 atom stereocenters. The summed E-state index contributed by atoms with van der Waals surface area (Å²) >= 11 is 1.66. The van der Waals surface area contributed by atoms with Gasteiger partial charge in [0.15, 0.2) is 0 Å². The fraction of sp³-hybridized carbons (Fsp3) is 0.167. The molecule has 1 nitrogen and oxygen atoms in total. The number of rotatable bonds is 0. The fourth-order valence-electron chi connectivity index (χ4n) is 0.340. The normalized spacial score (nSPS) is 11.9. The van der Waals surface area contributed by atoms with Crippen LogP contribution in [0.1, 0.15) is 6.42 Å². The van der Waals surface area contributed by atoms with Crippen molar-refractivity contribution in [1.29, 1.82) is 0 Å². The van der Waals surface area contributed by atoms with E-state index in [-0.39, 0.29) is 0 Å². The molecule has 2 heteroatoms. The molecule has 8 heavy (non-hydrogen) atoms. The molecule has 0 fully saturated rings. The Balaban J connectivity index is 0.000000145. The summed E-state index contributed by atoms with van der Waals surface area (Å²) in [5.41, 5.74) is 0. The molecule has 1 rings (SSSR count). The molecule has 41 valence electrons. The van der Waals surface area contributed by atoms with E-state index in [1.807, 2.05) is 12.2 Å². The molecule has 0 N–H and O–H groups in total. The van der Waals surface area contributed by atoms with Crippen molar-refractivity contribution in [2.45, 2.75) is 6.42 Å². The standard InChI is InChI=1S/C5H5.CO.V/c1-2-4-5-3-1;1-2;/h1-3H,4H2;;/q-1;;. The van der Waals surface area contributed by atoms with Crippen LogP contribution in [0.3, 0.4) is 0 Å². The van der Waals surface area contributed by atoms with E-state index >= 15 is 0 Å². The molecule has 1 aliphatic rings. The second-order valence-corrected chi connectivity index (χ2v) is 1.38. The van der Waals surface area contributed by atoms with Gasteiger partial charge in [0.1, 0.15) is 0 Å². The molecule has 0 aliphatic heterocycles. The fourth-order valence-corrected chi connectivity index (χ4v) is 0.340. The molecule has 0 saturated heterocycles. The molecule has 0 heterocycles. The minimum absolute atomic E-state index is 1.01. The molecule has 0 radical (unpaired) electrons. The number of hydrogen-bond acceptors (Lipinski definition) is 1. The largest absolute Gasteiger partial charge is 0.273 e. The Morgan fingerprint density at radius 2 is 2.38 bits per heavy atom. The summed E-state index contributed by atoms with van der Waals surface area (Å²) < 4.78 is 1.44. The van der Waals surface area contributed by atoms with Crippen LogP contribution >= 0.6 is 0 Å². The Kier molecular flexibility index (Phi) is 6.35. The molecule has 0 aromatic heterocycles. The zero-order valence-corrected chi connectivity index (χ0v) is 5.69. The minimum Gasteiger partial charge on any atom is -0.273 e. The van der Waals surface area contributed by atoms with Gasteiger partial charge in [-0.2, -0.15) is 6.08 Å². The third-order valence-corrected chi connectivity index (χ3v) is 0.586. The molecule has 0 saturated carbocycles. The summed E-state index contributed by atoms with van der Waals surface area (Å²) in [6.45, 7) is 0. The Morgan fingerprint density at radius 3 is 2.50 bits per heavy atom. The number of carbonyl (C=O) groups excluding carboxylic acids is 1. The van der Waals surface area contributed by atoms with E-state index in [0.717, 1.165) is 6.42 Å². The van der Waals surface area contributed by atoms with Gasteiger partial charge >= 0.3 is 26.4 Å². The summed E-state index contributed by atoms with van der Waals surface area (Å²) in [6, 6.07) is 0. The Labute approximate surface area is 57.6 Å². The van der Waals surface area contributed by atoms with Crippen molar-refractivity contribution in [2.24, 2.45) is 0 Å². The van der Waals surface area contributed by atoms with Gasteiger partial charge in [-0.05, 0) is 0 Å². The first-order chi connectivity index (χ1) is 3.91. The van der Waals surface area contributed by atoms with Gasteiger partial charge in [-0.25, -0.2) is 12.2 Å². The SMILES string of the molecule is O=[C]=[V].[C-]1=CC=CC1. The van der Waals surface area contributed by atoms with Crippen LogP contribution in [0.4, 0.5) is 0 Å². The van der Waals surface area contributed by atoms with Crippen molar-refractivity contribution in [2.75, 3.05) is 0 Å². The molecule has 0 aromatic carbocycles. The van der Waals surface area contributed by atoms with E-state index in [1.54, 1.807) is 17.0 Å². The molecule has 1 aliphatic carbocycles. The van der Waals surface area contributed by atoms with E-state index in [9.17, 15) is 0 Å². The Morgan fingerprint density at radius 1 is 1.75 bits per heavy atom. The van der Waals surface area contributed by atoms with Crippen LogP contribution in [0.25, 0.3) is 0 Å². The second kappa shape index (κ2) is 6.64. The molecule has 0 aromatic rings. The summed E-state index contributed by atoms with van der Waals surface area (Å²) in [6.07, 6.45) is 10.0. The van der Waals surface area contributed by atoms with Gasteiger partial charge < -0.3 is 0 Å². The summed E-state index contributed by atoms with van der Waals surface area (Å²) in [4.78, 5) is 8.65. The second-order valence-electron chi connectivity index (χ2n) is 1.09. The van der Waals surface area contributed by atoms with Crippen molar-refractivity contribution in [3.63, 3.8) is 0 Å². The van der Waals surface area contributed by atoms with E-state index in [1.165, 1.54) is 4.59 Å². The van der Waals surface area contributed by atoms with Gasteiger partial charge in [-0.3, -0.25) is 6.08 Å². The smallest absolute Gasteiger partial charge is 0.109 e. The average molecular weight is 144 g/mol. The maximum atomic E-state index is 8.65. The minimum atomic E-state index is 1.01. The maximum Gasteiger partial charge on any atom is -0.109 e. The number of hydrogen-bond donors (Lipinski definition) is 0. The van der Waals surface area contributed by atoms with Gasteiger partial charge in [-0.1, -0.05) is 0 Å². The molecular weight excluding hydrogens is 139 g/mol. The van der Waals surface area contributed by atoms with E-state index in [4.69, 9.17) is 4.79 Å². The van der Waals surface area contributed by atoms with Gasteiger partial charge in [0.05, 0.1) is 0 Å². The summed E-state index contributed by atoms with van der Waals surface area (Å²) in [5, 5.41) is 0. The van der Waals surface area contributed by atoms with Gasteiger partial charge in [0, 0.05) is 0 Å². The van der Waals surface area contributed by atoms with Crippen LogP contribution in [0.2, 0.25) is 0 Å². The van der Waals surface area contributed by atoms with E-state index < -0.39 is 0 Å². The van der Waals surface area contributed by atoms with Crippen molar-refractivity contribution < 1.29 is 21.8 Å². The topological polar surface area (TPSA) is 17.1 Å². The third-order valence-electron chi connectivity index (χ3n) is 0.586. The van der Waals surface area contributed by atoms with Crippen molar-refractivity contribution in [3.05, 3.63) is 24.3 Å². The molecule has 0 unspecified atom stereocenters. The quantitative estimate of drug-likeness (QED) is 0.462. The van der Waals surface area contributed by atoms with Gasteiger partial charge in [0.2, 0.25) is 0 Å². The van der Waals surface area contributed by atoms with Crippen LogP contribution in [0.15, 0.2) is 18.2 Å². The predicted molar refractivity (Wildman–Crippen MR) is 27.3 cm³/mol. The zero-order valence-electron chi connectivity index (χ0n) is 4.29. The van der Waals surface area contributed by atoms with E-state index in [0.29, 0.717) is 0 Å². The molecule has 0 bridgehead atoms. The number of allylic oxidation sites excluding steroid dienone is 4. The first-order valence-electron chi connectivity index (χ1n) is 2.14. The molecule has 0 amide bonds. The van der Waals surface area contributed by atoms with Crippen LogP contribution in [0.5, 0.6) is 0 Å². The molecule has 0 spiro atoms. The van der Waals surface area contributed by atoms with Crippen molar-refractivity contribution in [3.8, 4) is 0 Å². The van der Waals surface area contributed by atoms with Gasteiger partial charge in [-0.15, -0.1) is 6.42 Å². The molecular formula is C6H5OV-. The maximum absolute atomic E-state index is 8.65. The Bertz CT molecular complexity index is 119. The summed E-state index contributed by atoms with van der Waals surface area (Å²) in [5.74, 6) is 0. The monoisotopic (exact) mass is 144 g/mol. The van der Waals surface area contributed by atoms with Crippen LogP contribution in [-0.2, 0) is 21.8 Å². The third kappa shape index (κ3) is 5.64. The van der Waals surface area contributed by atoms with Gasteiger partial charge in [0.25, 0.3) is 0 Å². The first-order valence-corrected chi connectivity index (χ1v) is 2.84. The Hall–Kier alpha value is -0.356. The van der Waals surface area contributed by atoms with Crippen molar-refractivity contribution >= 4 is 4.59 Å². The first kappa shape index (κ1) is 7.64. The van der Waals surface area contributed by atoms with Crippen LogP contribution < -0.4 is 0 Å². The van der Waals surface area contributed by atoms with Crippen LogP contribution in [0, 0.1) is 6.08 Å². The average Bonchev–Trinajstić information content (AvgIpc) is 2.17. The van der Waals surface area contributed by atoms with Crippen LogP contribution in [-0.4, -0.2) is 4.59 Å². The van der Waals surface area contributed by atoms with Crippen molar-refractivity contribution in [1.82, 2.24) is 0 Å². The predicted octanol–water partition coefficient (Wildman–Crippen LogP) is 0.906. The summed E-state index contributed by atoms with van der Waals surface area (Å²) in [7, 11) is 0.